The normalized spacial score (nSPS) is 9.52. The molecule has 0 aliphatic carbocycles. The number of pyridine rings is 1. The van der Waals surface area contributed by atoms with E-state index in [0.29, 0.717) is 5.65 Å². The molecule has 0 unspecified atom stereocenters. The topological polar surface area (TPSA) is 103 Å². The van der Waals surface area contributed by atoms with Gasteiger partial charge in [-0.3, -0.25) is 9.89 Å². The number of aromatic nitrogens is 3. The number of halogens is 1. The van der Waals surface area contributed by atoms with Crippen molar-refractivity contribution in [3.8, 4) is 17.2 Å². The summed E-state index contributed by atoms with van der Waals surface area (Å²) >= 11 is 0. The SMILES string of the molecule is N#Cc1cc(-c2ccnc3[nH]ncc23)ccc1F.O=CO. The number of hydrogen-bond donors (Lipinski definition) is 2. The average molecular weight is 284 g/mol. The highest BCUT2D eigenvalue weighted by Crippen LogP contribution is 2.27. The van der Waals surface area contributed by atoms with Gasteiger partial charge in [-0.15, -0.1) is 0 Å². The summed E-state index contributed by atoms with van der Waals surface area (Å²) in [7, 11) is 0. The van der Waals surface area contributed by atoms with E-state index < -0.39 is 5.82 Å². The molecular formula is C14H9FN4O2. The molecule has 0 aliphatic heterocycles. The lowest BCUT2D eigenvalue weighted by molar-refractivity contribution is -0.122. The molecule has 0 radical (unpaired) electrons. The van der Waals surface area contributed by atoms with E-state index >= 15 is 0 Å². The van der Waals surface area contributed by atoms with Crippen molar-refractivity contribution < 1.29 is 14.3 Å². The van der Waals surface area contributed by atoms with Crippen molar-refractivity contribution in [1.29, 1.82) is 5.26 Å². The number of fused-ring (bicyclic) bond motifs is 1. The maximum atomic E-state index is 13.3. The molecule has 0 spiro atoms. The molecule has 0 saturated carbocycles. The molecule has 0 bridgehead atoms. The van der Waals surface area contributed by atoms with Gasteiger partial charge in [-0.1, -0.05) is 6.07 Å². The summed E-state index contributed by atoms with van der Waals surface area (Å²) in [6.07, 6.45) is 3.30. The Balaban J connectivity index is 0.000000497. The minimum absolute atomic E-state index is 0.0287. The van der Waals surface area contributed by atoms with Gasteiger partial charge in [0.05, 0.1) is 11.8 Å². The van der Waals surface area contributed by atoms with E-state index in [-0.39, 0.29) is 12.0 Å². The van der Waals surface area contributed by atoms with Gasteiger partial charge in [-0.2, -0.15) is 10.4 Å². The van der Waals surface area contributed by atoms with Gasteiger partial charge in [0.25, 0.3) is 6.47 Å². The van der Waals surface area contributed by atoms with E-state index in [0.717, 1.165) is 16.5 Å². The van der Waals surface area contributed by atoms with Crippen molar-refractivity contribution in [3.05, 3.63) is 48.0 Å². The number of aromatic amines is 1. The maximum absolute atomic E-state index is 13.3. The molecule has 1 aromatic carbocycles. The Kier molecular flexibility index (Phi) is 4.21. The third kappa shape index (κ3) is 2.84. The number of rotatable bonds is 1. The van der Waals surface area contributed by atoms with Crippen molar-refractivity contribution in [2.45, 2.75) is 0 Å². The Hall–Kier alpha value is -3.27. The Morgan fingerprint density at radius 3 is 2.86 bits per heavy atom. The highest BCUT2D eigenvalue weighted by Gasteiger charge is 2.08. The van der Waals surface area contributed by atoms with Crippen molar-refractivity contribution in [1.82, 2.24) is 15.2 Å². The molecule has 0 aliphatic rings. The number of carbonyl (C=O) groups is 1. The number of hydrogen-bond acceptors (Lipinski definition) is 4. The minimum Gasteiger partial charge on any atom is -0.483 e. The van der Waals surface area contributed by atoms with E-state index in [1.807, 2.05) is 12.1 Å². The lowest BCUT2D eigenvalue weighted by Crippen LogP contribution is -1.87. The molecule has 2 heterocycles. The number of carboxylic acid groups (broad SMARTS) is 1. The van der Waals surface area contributed by atoms with E-state index in [4.69, 9.17) is 15.2 Å². The second kappa shape index (κ2) is 6.25. The molecule has 3 aromatic rings. The van der Waals surface area contributed by atoms with Crippen molar-refractivity contribution in [3.63, 3.8) is 0 Å². The van der Waals surface area contributed by atoms with Gasteiger partial charge in [0.2, 0.25) is 0 Å². The van der Waals surface area contributed by atoms with Crippen LogP contribution in [0.15, 0.2) is 36.7 Å². The van der Waals surface area contributed by atoms with Crippen LogP contribution in [0.1, 0.15) is 5.56 Å². The van der Waals surface area contributed by atoms with Crippen LogP contribution in [-0.2, 0) is 4.79 Å². The Labute approximate surface area is 118 Å². The first kappa shape index (κ1) is 14.1. The van der Waals surface area contributed by atoms with Crippen LogP contribution >= 0.6 is 0 Å². The zero-order valence-corrected chi connectivity index (χ0v) is 10.6. The summed E-state index contributed by atoms with van der Waals surface area (Å²) in [4.78, 5) is 12.5. The molecule has 0 saturated heterocycles. The fraction of sp³-hybridized carbons (Fsp3) is 0. The minimum atomic E-state index is -0.515. The summed E-state index contributed by atoms with van der Waals surface area (Å²) in [6.45, 7) is -0.250. The summed E-state index contributed by atoms with van der Waals surface area (Å²) in [5.41, 5.74) is 2.32. The zero-order valence-electron chi connectivity index (χ0n) is 10.6. The first-order valence-corrected chi connectivity index (χ1v) is 5.77. The molecule has 0 atom stereocenters. The fourth-order valence-corrected chi connectivity index (χ4v) is 1.88. The molecule has 6 nitrogen and oxygen atoms in total. The van der Waals surface area contributed by atoms with E-state index in [9.17, 15) is 4.39 Å². The van der Waals surface area contributed by atoms with Gasteiger partial charge in [-0.25, -0.2) is 9.37 Å². The second-order valence-corrected chi connectivity index (χ2v) is 3.90. The predicted octanol–water partition coefficient (Wildman–Crippen LogP) is 2.34. The molecule has 7 heteroatoms. The van der Waals surface area contributed by atoms with E-state index in [1.165, 1.54) is 12.1 Å². The lowest BCUT2D eigenvalue weighted by atomic mass is 10.0. The van der Waals surface area contributed by atoms with Crippen LogP contribution in [0, 0.1) is 17.1 Å². The average Bonchev–Trinajstić information content (AvgIpc) is 2.97. The molecule has 21 heavy (non-hydrogen) atoms. The zero-order chi connectivity index (χ0) is 15.2. The second-order valence-electron chi connectivity index (χ2n) is 3.90. The van der Waals surface area contributed by atoms with Crippen LogP contribution in [0.5, 0.6) is 0 Å². The molecule has 2 aromatic heterocycles. The van der Waals surface area contributed by atoms with Gasteiger partial charge in [0.1, 0.15) is 11.9 Å². The highest BCUT2D eigenvalue weighted by molar-refractivity contribution is 5.92. The van der Waals surface area contributed by atoms with Crippen molar-refractivity contribution in [2.75, 3.05) is 0 Å². The van der Waals surface area contributed by atoms with Gasteiger partial charge in [0.15, 0.2) is 5.65 Å². The number of benzene rings is 1. The van der Waals surface area contributed by atoms with Crippen LogP contribution < -0.4 is 0 Å². The van der Waals surface area contributed by atoms with Crippen molar-refractivity contribution >= 4 is 17.5 Å². The largest absolute Gasteiger partial charge is 0.483 e. The summed E-state index contributed by atoms with van der Waals surface area (Å²) in [5, 5.41) is 23.3. The predicted molar refractivity (Wildman–Crippen MR) is 72.7 cm³/mol. The standard InChI is InChI=1S/C13H7FN4.CH2O2/c14-12-2-1-8(5-9(12)6-15)10-3-4-16-13-11(10)7-17-18-13;2-1-3/h1-5,7H,(H,16,17,18);1H,(H,2,3). The van der Waals surface area contributed by atoms with Crippen LogP contribution in [0.3, 0.4) is 0 Å². The molecule has 0 amide bonds. The Morgan fingerprint density at radius 2 is 2.14 bits per heavy atom. The van der Waals surface area contributed by atoms with E-state index in [2.05, 4.69) is 15.2 Å². The quantitative estimate of drug-likeness (QED) is 0.667. The van der Waals surface area contributed by atoms with Crippen LogP contribution in [0.2, 0.25) is 0 Å². The maximum Gasteiger partial charge on any atom is 0.290 e. The number of nitrogens with one attached hydrogen (secondary N) is 1. The van der Waals surface area contributed by atoms with E-state index in [1.54, 1.807) is 18.5 Å². The number of nitriles is 1. The van der Waals surface area contributed by atoms with Crippen molar-refractivity contribution in [2.24, 2.45) is 0 Å². The smallest absolute Gasteiger partial charge is 0.290 e. The lowest BCUT2D eigenvalue weighted by Gasteiger charge is -2.03. The van der Waals surface area contributed by atoms with Crippen LogP contribution in [0.4, 0.5) is 4.39 Å². The highest BCUT2D eigenvalue weighted by atomic mass is 19.1. The van der Waals surface area contributed by atoms with Gasteiger partial charge >= 0.3 is 0 Å². The van der Waals surface area contributed by atoms with Gasteiger partial charge < -0.3 is 5.11 Å². The molecule has 0 fully saturated rings. The monoisotopic (exact) mass is 284 g/mol. The molecule has 2 N–H and O–H groups in total. The van der Waals surface area contributed by atoms with Crippen LogP contribution in [-0.4, -0.2) is 26.8 Å². The van der Waals surface area contributed by atoms with Gasteiger partial charge in [-0.05, 0) is 29.3 Å². The summed E-state index contributed by atoms with van der Waals surface area (Å²) in [6, 6.07) is 8.10. The number of nitrogens with zero attached hydrogens (tertiary/aromatic N) is 3. The molecular weight excluding hydrogens is 275 g/mol. The Bertz CT molecular complexity index is 823. The first-order valence-electron chi connectivity index (χ1n) is 5.77. The molecule has 104 valence electrons. The number of H-pyrrole nitrogens is 1. The summed E-state index contributed by atoms with van der Waals surface area (Å²) in [5.74, 6) is -0.515. The molecule has 3 rings (SSSR count). The Morgan fingerprint density at radius 1 is 1.38 bits per heavy atom. The first-order chi connectivity index (χ1) is 10.2. The third-order valence-electron chi connectivity index (χ3n) is 2.75. The van der Waals surface area contributed by atoms with Gasteiger partial charge in [0, 0.05) is 11.6 Å². The third-order valence-corrected chi connectivity index (χ3v) is 2.75. The van der Waals surface area contributed by atoms with Crippen LogP contribution in [0.25, 0.3) is 22.2 Å². The fourth-order valence-electron chi connectivity index (χ4n) is 1.88. The summed E-state index contributed by atoms with van der Waals surface area (Å²) < 4.78 is 13.3.